The van der Waals surface area contributed by atoms with E-state index in [2.05, 4.69) is 23.8 Å². The zero-order valence-corrected chi connectivity index (χ0v) is 13.7. The van der Waals surface area contributed by atoms with Gasteiger partial charge in [0.15, 0.2) is 0 Å². The predicted octanol–water partition coefficient (Wildman–Crippen LogP) is 6.16. The van der Waals surface area contributed by atoms with Gasteiger partial charge in [-0.3, -0.25) is 0 Å². The first-order valence-corrected chi connectivity index (χ1v) is 8.11. The monoisotopic (exact) mass is 332 g/mol. The van der Waals surface area contributed by atoms with E-state index in [0.29, 0.717) is 6.42 Å². The van der Waals surface area contributed by atoms with Gasteiger partial charge in [-0.05, 0) is 59.2 Å². The van der Waals surface area contributed by atoms with E-state index in [0.717, 1.165) is 29.5 Å². The van der Waals surface area contributed by atoms with Crippen molar-refractivity contribution in [1.82, 2.24) is 0 Å². The number of allylic oxidation sites excluding steroid dienone is 1. The fourth-order valence-corrected chi connectivity index (χ4v) is 3.22. The van der Waals surface area contributed by atoms with E-state index in [9.17, 15) is 13.2 Å². The Balaban J connectivity index is 2.05. The molecule has 0 spiro atoms. The van der Waals surface area contributed by atoms with E-state index in [1.54, 1.807) is 6.07 Å². The van der Waals surface area contributed by atoms with Crippen LogP contribution in [0, 0.1) is 0 Å². The van der Waals surface area contributed by atoms with Crippen molar-refractivity contribution in [3.63, 3.8) is 0 Å². The normalized spacial score (nSPS) is 13.6. The van der Waals surface area contributed by atoms with Crippen molar-refractivity contribution >= 4 is 6.08 Å². The molecule has 0 heterocycles. The zero-order valence-electron chi connectivity index (χ0n) is 13.7. The largest absolute Gasteiger partial charge is 0.573 e. The first kappa shape index (κ1) is 16.6. The van der Waals surface area contributed by atoms with Crippen LogP contribution in [0.15, 0.2) is 42.0 Å². The van der Waals surface area contributed by atoms with Crippen molar-refractivity contribution in [2.24, 2.45) is 0 Å². The average Bonchev–Trinajstić information content (AvgIpc) is 2.96. The maximum absolute atomic E-state index is 12.4. The van der Waals surface area contributed by atoms with Crippen LogP contribution >= 0.6 is 0 Å². The van der Waals surface area contributed by atoms with Crippen LogP contribution in [-0.4, -0.2) is 6.36 Å². The molecule has 0 saturated heterocycles. The van der Waals surface area contributed by atoms with Crippen molar-refractivity contribution in [3.05, 3.63) is 58.7 Å². The van der Waals surface area contributed by atoms with E-state index >= 15 is 0 Å². The fourth-order valence-electron chi connectivity index (χ4n) is 3.22. The van der Waals surface area contributed by atoms with Gasteiger partial charge in [-0.25, -0.2) is 0 Å². The molecule has 1 nitrogen and oxygen atoms in total. The van der Waals surface area contributed by atoms with Gasteiger partial charge in [-0.2, -0.15) is 0 Å². The second-order valence-electron chi connectivity index (χ2n) is 5.93. The molecule has 0 aromatic heterocycles. The maximum atomic E-state index is 12.4. The Morgan fingerprint density at radius 1 is 1.00 bits per heavy atom. The Morgan fingerprint density at radius 2 is 1.79 bits per heavy atom. The van der Waals surface area contributed by atoms with Crippen LogP contribution in [0.25, 0.3) is 17.2 Å². The van der Waals surface area contributed by atoms with Gasteiger partial charge in [0.25, 0.3) is 0 Å². The second-order valence-corrected chi connectivity index (χ2v) is 5.93. The smallest absolute Gasteiger partial charge is 0.406 e. The molecule has 0 atom stereocenters. The first-order valence-electron chi connectivity index (χ1n) is 8.11. The highest BCUT2D eigenvalue weighted by Gasteiger charge is 2.31. The summed E-state index contributed by atoms with van der Waals surface area (Å²) in [6, 6.07) is 10.8. The Kier molecular flexibility index (Phi) is 4.39. The summed E-state index contributed by atoms with van der Waals surface area (Å²) >= 11 is 0. The number of halogens is 3. The van der Waals surface area contributed by atoms with Gasteiger partial charge in [0.1, 0.15) is 5.75 Å². The number of aryl methyl sites for hydroxylation is 1. The molecule has 3 rings (SSSR count). The highest BCUT2D eigenvalue weighted by atomic mass is 19.4. The van der Waals surface area contributed by atoms with Crippen molar-refractivity contribution in [2.75, 3.05) is 0 Å². The quantitative estimate of drug-likeness (QED) is 0.651. The molecule has 0 amide bonds. The van der Waals surface area contributed by atoms with Crippen LogP contribution in [0.1, 0.15) is 37.0 Å². The number of benzene rings is 2. The van der Waals surface area contributed by atoms with Gasteiger partial charge >= 0.3 is 6.36 Å². The molecule has 0 aliphatic heterocycles. The number of hydrogen-bond donors (Lipinski definition) is 0. The molecule has 2 aromatic carbocycles. The molecule has 4 heteroatoms. The van der Waals surface area contributed by atoms with Crippen LogP contribution in [0.5, 0.6) is 5.75 Å². The van der Waals surface area contributed by atoms with Crippen LogP contribution in [0.3, 0.4) is 0 Å². The van der Waals surface area contributed by atoms with E-state index < -0.39 is 6.36 Å². The maximum Gasteiger partial charge on any atom is 0.573 e. The Bertz CT molecular complexity index is 788. The van der Waals surface area contributed by atoms with Crippen LogP contribution < -0.4 is 4.74 Å². The lowest BCUT2D eigenvalue weighted by molar-refractivity contribution is -0.274. The third-order valence-electron chi connectivity index (χ3n) is 4.40. The Hall–Kier alpha value is -2.23. The lowest BCUT2D eigenvalue weighted by atomic mass is 9.92. The molecule has 1 aliphatic rings. The molecule has 2 aromatic rings. The van der Waals surface area contributed by atoms with E-state index in [1.165, 1.54) is 28.8 Å². The van der Waals surface area contributed by atoms with Gasteiger partial charge in [-0.15, -0.1) is 13.2 Å². The molecule has 0 bridgehead atoms. The minimum Gasteiger partial charge on any atom is -0.406 e. The minimum absolute atomic E-state index is 0.166. The summed E-state index contributed by atoms with van der Waals surface area (Å²) in [5.74, 6) is -0.166. The van der Waals surface area contributed by atoms with Gasteiger partial charge in [0.2, 0.25) is 0 Å². The summed E-state index contributed by atoms with van der Waals surface area (Å²) < 4.78 is 41.3. The topological polar surface area (TPSA) is 9.23 Å². The molecule has 0 radical (unpaired) electrons. The second kappa shape index (κ2) is 6.34. The van der Waals surface area contributed by atoms with Crippen LogP contribution in [0.4, 0.5) is 13.2 Å². The number of hydrogen-bond acceptors (Lipinski definition) is 1. The lowest BCUT2D eigenvalue weighted by Crippen LogP contribution is -2.17. The first-order chi connectivity index (χ1) is 11.4. The van der Waals surface area contributed by atoms with Gasteiger partial charge in [0, 0.05) is 0 Å². The third-order valence-corrected chi connectivity index (χ3v) is 4.40. The van der Waals surface area contributed by atoms with Gasteiger partial charge in [0.05, 0.1) is 0 Å². The molecule has 0 fully saturated rings. The molecular formula is C20H19F3O. The molecule has 24 heavy (non-hydrogen) atoms. The van der Waals surface area contributed by atoms with Crippen molar-refractivity contribution < 1.29 is 17.9 Å². The van der Waals surface area contributed by atoms with Gasteiger partial charge in [-0.1, -0.05) is 49.8 Å². The predicted molar refractivity (Wildman–Crippen MR) is 89.9 cm³/mol. The van der Waals surface area contributed by atoms with Crippen molar-refractivity contribution in [3.8, 4) is 16.9 Å². The highest BCUT2D eigenvalue weighted by Crippen LogP contribution is 2.38. The molecule has 126 valence electrons. The van der Waals surface area contributed by atoms with Crippen LogP contribution in [0.2, 0.25) is 0 Å². The summed E-state index contributed by atoms with van der Waals surface area (Å²) in [5, 5.41) is 0. The number of alkyl halides is 3. The molecule has 0 N–H and O–H groups in total. The fraction of sp³-hybridized carbons (Fsp3) is 0.300. The van der Waals surface area contributed by atoms with E-state index in [-0.39, 0.29) is 5.75 Å². The minimum atomic E-state index is -4.67. The van der Waals surface area contributed by atoms with E-state index in [4.69, 9.17) is 0 Å². The Morgan fingerprint density at radius 3 is 2.46 bits per heavy atom. The molecular weight excluding hydrogens is 313 g/mol. The number of ether oxygens (including phenoxy) is 1. The van der Waals surface area contributed by atoms with Crippen molar-refractivity contribution in [1.29, 1.82) is 0 Å². The molecule has 0 unspecified atom stereocenters. The van der Waals surface area contributed by atoms with Crippen molar-refractivity contribution in [2.45, 2.75) is 39.5 Å². The third kappa shape index (κ3) is 3.32. The highest BCUT2D eigenvalue weighted by molar-refractivity contribution is 5.82. The molecule has 1 aliphatic carbocycles. The number of rotatable bonds is 4. The lowest BCUT2D eigenvalue weighted by Gasteiger charge is -2.15. The van der Waals surface area contributed by atoms with E-state index in [1.807, 2.05) is 19.1 Å². The zero-order chi connectivity index (χ0) is 17.3. The molecule has 0 saturated carbocycles. The average molecular weight is 332 g/mol. The summed E-state index contributed by atoms with van der Waals surface area (Å²) in [5.41, 5.74) is 6.75. The summed E-state index contributed by atoms with van der Waals surface area (Å²) in [4.78, 5) is 0. The Labute approximate surface area is 139 Å². The SMILES string of the molecule is CCC1=Cc2c(cccc2-c2ccc(OC(F)(F)F)cc2CC)C1. The number of fused-ring (bicyclic) bond motifs is 1. The van der Waals surface area contributed by atoms with Gasteiger partial charge < -0.3 is 4.74 Å². The summed E-state index contributed by atoms with van der Waals surface area (Å²) in [7, 11) is 0. The standard InChI is InChI=1S/C20H19F3O/c1-3-13-10-15-6-5-7-18(19(15)11-13)17-9-8-16(12-14(17)4-2)24-20(21,22)23/h5-9,11-12H,3-4,10H2,1-2H3. The van der Waals surface area contributed by atoms with Crippen LogP contribution in [-0.2, 0) is 12.8 Å². The summed E-state index contributed by atoms with van der Waals surface area (Å²) in [6.45, 7) is 4.07. The summed E-state index contributed by atoms with van der Waals surface area (Å²) in [6.07, 6.45) is 0.144.